The van der Waals surface area contributed by atoms with Gasteiger partial charge in [-0.15, -0.1) is 5.10 Å². The van der Waals surface area contributed by atoms with E-state index in [9.17, 15) is 0 Å². The predicted molar refractivity (Wildman–Crippen MR) is 68.4 cm³/mol. The van der Waals surface area contributed by atoms with Crippen LogP contribution in [-0.2, 0) is 0 Å². The summed E-state index contributed by atoms with van der Waals surface area (Å²) in [6.45, 7) is 0. The van der Waals surface area contributed by atoms with Gasteiger partial charge in [-0.25, -0.2) is 9.50 Å². The van der Waals surface area contributed by atoms with Gasteiger partial charge >= 0.3 is 0 Å². The minimum Gasteiger partial charge on any atom is -0.207 e. The van der Waals surface area contributed by atoms with Crippen LogP contribution in [0.4, 0.5) is 0 Å². The third-order valence-electron chi connectivity index (χ3n) is 2.43. The monoisotopic (exact) mass is 263 g/mol. The van der Waals surface area contributed by atoms with Crippen molar-refractivity contribution in [3.05, 3.63) is 52.6 Å². The second kappa shape index (κ2) is 4.02. The SMILES string of the molecule is Clc1ccccc1-c1nc2cccc(Cl)n2n1. The molecule has 0 bridgehead atoms. The van der Waals surface area contributed by atoms with Crippen molar-refractivity contribution in [3.8, 4) is 11.4 Å². The Morgan fingerprint density at radius 2 is 1.76 bits per heavy atom. The standard InChI is InChI=1S/C12H7Cl2N3/c13-9-5-2-1-4-8(9)12-15-11-7-3-6-10(14)17(11)16-12/h1-7H. The number of aromatic nitrogens is 3. The zero-order valence-corrected chi connectivity index (χ0v) is 10.2. The van der Waals surface area contributed by atoms with E-state index in [0.29, 0.717) is 21.6 Å². The molecule has 2 aromatic heterocycles. The number of hydrogen-bond acceptors (Lipinski definition) is 2. The molecule has 5 heteroatoms. The average Bonchev–Trinajstić information content (AvgIpc) is 2.75. The molecule has 0 amide bonds. The Morgan fingerprint density at radius 1 is 0.941 bits per heavy atom. The summed E-state index contributed by atoms with van der Waals surface area (Å²) in [6, 6.07) is 12.9. The molecule has 84 valence electrons. The zero-order valence-electron chi connectivity index (χ0n) is 8.64. The van der Waals surface area contributed by atoms with Gasteiger partial charge in [-0.1, -0.05) is 41.4 Å². The number of nitrogens with zero attached hydrogens (tertiary/aromatic N) is 3. The predicted octanol–water partition coefficient (Wildman–Crippen LogP) is 3.70. The van der Waals surface area contributed by atoms with Crippen LogP contribution in [0.2, 0.25) is 10.2 Å². The van der Waals surface area contributed by atoms with Gasteiger partial charge in [-0.05, 0) is 24.3 Å². The summed E-state index contributed by atoms with van der Waals surface area (Å²) in [4.78, 5) is 4.39. The summed E-state index contributed by atoms with van der Waals surface area (Å²) in [5.74, 6) is 0.573. The van der Waals surface area contributed by atoms with E-state index in [4.69, 9.17) is 23.2 Å². The van der Waals surface area contributed by atoms with Crippen LogP contribution >= 0.6 is 23.2 Å². The summed E-state index contributed by atoms with van der Waals surface area (Å²) in [5, 5.41) is 5.48. The number of pyridine rings is 1. The van der Waals surface area contributed by atoms with Gasteiger partial charge in [0.1, 0.15) is 5.15 Å². The van der Waals surface area contributed by atoms with Crippen LogP contribution in [0.3, 0.4) is 0 Å². The molecule has 0 fully saturated rings. The van der Waals surface area contributed by atoms with Crippen molar-refractivity contribution in [2.45, 2.75) is 0 Å². The summed E-state index contributed by atoms with van der Waals surface area (Å²) in [7, 11) is 0. The van der Waals surface area contributed by atoms with Crippen molar-refractivity contribution in [1.29, 1.82) is 0 Å². The van der Waals surface area contributed by atoms with Gasteiger partial charge in [-0.3, -0.25) is 0 Å². The van der Waals surface area contributed by atoms with Crippen molar-refractivity contribution in [1.82, 2.24) is 14.6 Å². The number of hydrogen-bond donors (Lipinski definition) is 0. The summed E-state index contributed by atoms with van der Waals surface area (Å²) < 4.78 is 1.58. The molecule has 2 heterocycles. The number of benzene rings is 1. The highest BCUT2D eigenvalue weighted by molar-refractivity contribution is 6.33. The van der Waals surface area contributed by atoms with E-state index < -0.39 is 0 Å². The van der Waals surface area contributed by atoms with Crippen LogP contribution in [0.15, 0.2) is 42.5 Å². The molecule has 0 spiro atoms. The molecule has 1 aromatic carbocycles. The van der Waals surface area contributed by atoms with Gasteiger partial charge in [-0.2, -0.15) is 0 Å². The smallest absolute Gasteiger partial charge is 0.183 e. The van der Waals surface area contributed by atoms with Crippen molar-refractivity contribution in [3.63, 3.8) is 0 Å². The topological polar surface area (TPSA) is 30.2 Å². The molecule has 0 radical (unpaired) electrons. The second-order valence-electron chi connectivity index (χ2n) is 3.53. The molecule has 0 aliphatic heterocycles. The highest BCUT2D eigenvalue weighted by Gasteiger charge is 2.10. The van der Waals surface area contributed by atoms with E-state index in [2.05, 4.69) is 10.1 Å². The maximum Gasteiger partial charge on any atom is 0.183 e. The second-order valence-corrected chi connectivity index (χ2v) is 4.33. The van der Waals surface area contributed by atoms with E-state index in [1.807, 2.05) is 36.4 Å². The van der Waals surface area contributed by atoms with Crippen LogP contribution in [0, 0.1) is 0 Å². The highest BCUT2D eigenvalue weighted by Crippen LogP contribution is 2.25. The van der Waals surface area contributed by atoms with Crippen LogP contribution in [0.1, 0.15) is 0 Å². The Kier molecular flexibility index (Phi) is 2.50. The Labute approximate surface area is 108 Å². The fourth-order valence-corrected chi connectivity index (χ4v) is 2.05. The molecule has 0 saturated carbocycles. The molecule has 0 unspecified atom stereocenters. The van der Waals surface area contributed by atoms with Crippen LogP contribution in [-0.4, -0.2) is 14.6 Å². The minimum atomic E-state index is 0.522. The largest absolute Gasteiger partial charge is 0.207 e. The van der Waals surface area contributed by atoms with Gasteiger partial charge < -0.3 is 0 Å². The first-order chi connectivity index (χ1) is 8.25. The first-order valence-electron chi connectivity index (χ1n) is 5.02. The Bertz CT molecular complexity index is 691. The van der Waals surface area contributed by atoms with Crippen molar-refractivity contribution in [2.75, 3.05) is 0 Å². The third kappa shape index (κ3) is 1.77. The first kappa shape index (κ1) is 10.6. The lowest BCUT2D eigenvalue weighted by Crippen LogP contribution is -1.88. The quantitative estimate of drug-likeness (QED) is 0.627. The maximum absolute atomic E-state index is 6.10. The molecule has 3 aromatic rings. The van der Waals surface area contributed by atoms with E-state index in [1.54, 1.807) is 10.6 Å². The fourth-order valence-electron chi connectivity index (χ4n) is 1.63. The molecule has 0 aliphatic carbocycles. The molecule has 0 N–H and O–H groups in total. The molecular weight excluding hydrogens is 257 g/mol. The van der Waals surface area contributed by atoms with Crippen molar-refractivity contribution >= 4 is 28.8 Å². The maximum atomic E-state index is 6.10. The van der Waals surface area contributed by atoms with Gasteiger partial charge in [0.2, 0.25) is 0 Å². The van der Waals surface area contributed by atoms with Crippen molar-refractivity contribution < 1.29 is 0 Å². The Morgan fingerprint density at radius 3 is 2.53 bits per heavy atom. The van der Waals surface area contributed by atoms with Gasteiger partial charge in [0.05, 0.1) is 5.02 Å². The summed E-state index contributed by atoms with van der Waals surface area (Å²) >= 11 is 12.1. The molecular formula is C12H7Cl2N3. The first-order valence-corrected chi connectivity index (χ1v) is 5.77. The normalized spacial score (nSPS) is 10.9. The molecule has 0 aliphatic rings. The summed E-state index contributed by atoms with van der Waals surface area (Å²) in [6.07, 6.45) is 0. The molecule has 17 heavy (non-hydrogen) atoms. The van der Waals surface area contributed by atoms with E-state index >= 15 is 0 Å². The van der Waals surface area contributed by atoms with Crippen LogP contribution in [0.25, 0.3) is 17.0 Å². The van der Waals surface area contributed by atoms with E-state index in [0.717, 1.165) is 5.56 Å². The van der Waals surface area contributed by atoms with E-state index in [-0.39, 0.29) is 0 Å². The van der Waals surface area contributed by atoms with Crippen LogP contribution < -0.4 is 0 Å². The molecule has 3 nitrogen and oxygen atoms in total. The molecule has 0 saturated heterocycles. The Balaban J connectivity index is 2.26. The minimum absolute atomic E-state index is 0.522. The van der Waals surface area contributed by atoms with Crippen molar-refractivity contribution in [2.24, 2.45) is 0 Å². The van der Waals surface area contributed by atoms with Crippen LogP contribution in [0.5, 0.6) is 0 Å². The number of fused-ring (bicyclic) bond motifs is 1. The number of rotatable bonds is 1. The lowest BCUT2D eigenvalue weighted by molar-refractivity contribution is 0.966. The fraction of sp³-hybridized carbons (Fsp3) is 0. The lowest BCUT2D eigenvalue weighted by Gasteiger charge is -1.96. The Hall–Kier alpha value is -1.58. The lowest BCUT2D eigenvalue weighted by atomic mass is 10.2. The molecule has 3 rings (SSSR count). The third-order valence-corrected chi connectivity index (χ3v) is 3.04. The van der Waals surface area contributed by atoms with E-state index in [1.165, 1.54) is 0 Å². The average molecular weight is 264 g/mol. The van der Waals surface area contributed by atoms with Gasteiger partial charge in [0, 0.05) is 5.56 Å². The summed E-state index contributed by atoms with van der Waals surface area (Å²) in [5.41, 5.74) is 1.50. The van der Waals surface area contributed by atoms with Gasteiger partial charge in [0.15, 0.2) is 11.5 Å². The zero-order chi connectivity index (χ0) is 11.8. The molecule has 0 atom stereocenters. The number of halogens is 2. The van der Waals surface area contributed by atoms with Gasteiger partial charge in [0.25, 0.3) is 0 Å². The highest BCUT2D eigenvalue weighted by atomic mass is 35.5.